The predicted molar refractivity (Wildman–Crippen MR) is 85.2 cm³/mol. The molecule has 6 heteroatoms. The number of unbranched alkanes of at least 4 members (excludes halogenated alkanes) is 1. The van der Waals surface area contributed by atoms with Gasteiger partial charge in [-0.2, -0.15) is 0 Å². The van der Waals surface area contributed by atoms with Gasteiger partial charge in [-0.15, -0.1) is 11.3 Å². The molecule has 0 fully saturated rings. The van der Waals surface area contributed by atoms with Crippen LogP contribution in [0.5, 0.6) is 0 Å². The topological polar surface area (TPSA) is 79.3 Å². The van der Waals surface area contributed by atoms with Crippen molar-refractivity contribution in [2.45, 2.75) is 25.7 Å². The van der Waals surface area contributed by atoms with Crippen molar-refractivity contribution in [1.29, 1.82) is 0 Å². The molecule has 1 aromatic heterocycles. The van der Waals surface area contributed by atoms with Gasteiger partial charge in [-0.25, -0.2) is 4.98 Å². The van der Waals surface area contributed by atoms with Gasteiger partial charge in [-0.3, -0.25) is 9.59 Å². The molecule has 0 aliphatic carbocycles. The van der Waals surface area contributed by atoms with E-state index in [1.54, 1.807) is 5.38 Å². The molecule has 0 aliphatic rings. The summed E-state index contributed by atoms with van der Waals surface area (Å²) in [6.45, 7) is 0.470. The van der Waals surface area contributed by atoms with Crippen LogP contribution in [0.15, 0.2) is 35.7 Å². The first-order valence-electron chi connectivity index (χ1n) is 7.13. The first-order chi connectivity index (χ1) is 10.6. The number of hydrogen-bond acceptors (Lipinski definition) is 4. The van der Waals surface area contributed by atoms with Crippen molar-refractivity contribution in [2.24, 2.45) is 0 Å². The van der Waals surface area contributed by atoms with Crippen LogP contribution < -0.4 is 5.32 Å². The molecular weight excluding hydrogens is 300 g/mol. The molecule has 2 N–H and O–H groups in total. The van der Waals surface area contributed by atoms with Crippen molar-refractivity contribution in [1.82, 2.24) is 10.3 Å². The third kappa shape index (κ3) is 5.29. The molecule has 0 radical (unpaired) electrons. The summed E-state index contributed by atoms with van der Waals surface area (Å²) in [5.74, 6) is -1.01. The van der Waals surface area contributed by atoms with E-state index < -0.39 is 5.97 Å². The Morgan fingerprint density at radius 1 is 1.18 bits per heavy atom. The zero-order valence-electron chi connectivity index (χ0n) is 12.1. The molecule has 116 valence electrons. The van der Waals surface area contributed by atoms with Gasteiger partial charge >= 0.3 is 5.97 Å². The molecule has 5 nitrogen and oxygen atoms in total. The van der Waals surface area contributed by atoms with Crippen LogP contribution in [-0.4, -0.2) is 28.5 Å². The van der Waals surface area contributed by atoms with Gasteiger partial charge in [0.1, 0.15) is 5.69 Å². The molecule has 0 atom stereocenters. The highest BCUT2D eigenvalue weighted by Gasteiger charge is 2.10. The number of carboxylic acids is 1. The summed E-state index contributed by atoms with van der Waals surface area (Å²) in [5.41, 5.74) is 1.59. The quantitative estimate of drug-likeness (QED) is 0.734. The minimum Gasteiger partial charge on any atom is -0.481 e. The van der Waals surface area contributed by atoms with Gasteiger partial charge in [0, 0.05) is 24.8 Å². The van der Waals surface area contributed by atoms with Crippen molar-refractivity contribution in [2.75, 3.05) is 6.54 Å². The Balaban J connectivity index is 1.78. The highest BCUT2D eigenvalue weighted by molar-refractivity contribution is 7.09. The maximum Gasteiger partial charge on any atom is 0.303 e. The third-order valence-corrected chi connectivity index (χ3v) is 3.93. The van der Waals surface area contributed by atoms with Crippen LogP contribution in [0.4, 0.5) is 0 Å². The maximum absolute atomic E-state index is 11.9. The van der Waals surface area contributed by atoms with Crippen LogP contribution in [0.2, 0.25) is 0 Å². The number of nitrogens with one attached hydrogen (secondary N) is 1. The van der Waals surface area contributed by atoms with Crippen LogP contribution in [0.1, 0.15) is 40.3 Å². The largest absolute Gasteiger partial charge is 0.481 e. The number of carbonyl (C=O) groups is 2. The Labute approximate surface area is 133 Å². The predicted octanol–water partition coefficient (Wildman–Crippen LogP) is 2.72. The van der Waals surface area contributed by atoms with E-state index in [1.807, 2.05) is 30.3 Å². The van der Waals surface area contributed by atoms with Crippen LogP contribution >= 0.6 is 11.3 Å². The summed E-state index contributed by atoms with van der Waals surface area (Å²) >= 11 is 1.47. The number of hydrogen-bond donors (Lipinski definition) is 2. The van der Waals surface area contributed by atoms with Gasteiger partial charge in [0.05, 0.1) is 5.01 Å². The van der Waals surface area contributed by atoms with E-state index in [1.165, 1.54) is 11.3 Å². The average Bonchev–Trinajstić information content (AvgIpc) is 2.96. The number of aromatic nitrogens is 1. The van der Waals surface area contributed by atoms with E-state index in [2.05, 4.69) is 10.3 Å². The second-order valence-electron chi connectivity index (χ2n) is 4.90. The Kier molecular flexibility index (Phi) is 6.09. The number of amides is 1. The molecule has 1 amide bonds. The lowest BCUT2D eigenvalue weighted by Gasteiger charge is -2.02. The number of benzene rings is 1. The fourth-order valence-electron chi connectivity index (χ4n) is 1.96. The van der Waals surface area contributed by atoms with E-state index in [4.69, 9.17) is 5.11 Å². The summed E-state index contributed by atoms with van der Waals surface area (Å²) < 4.78 is 0. The van der Waals surface area contributed by atoms with Crippen molar-refractivity contribution in [3.05, 3.63) is 52.0 Å². The second kappa shape index (κ2) is 8.29. The SMILES string of the molecule is O=C(O)CCCCNC(=O)c1csc(Cc2ccccc2)n1. The van der Waals surface area contributed by atoms with Gasteiger partial charge < -0.3 is 10.4 Å². The molecule has 0 bridgehead atoms. The van der Waals surface area contributed by atoms with E-state index in [9.17, 15) is 9.59 Å². The van der Waals surface area contributed by atoms with Crippen LogP contribution in [0.3, 0.4) is 0 Å². The Morgan fingerprint density at radius 3 is 2.68 bits per heavy atom. The maximum atomic E-state index is 11.9. The Bertz CT molecular complexity index is 625. The van der Waals surface area contributed by atoms with Gasteiger partial charge in [0.2, 0.25) is 0 Å². The van der Waals surface area contributed by atoms with E-state index in [0.29, 0.717) is 25.1 Å². The number of rotatable bonds is 8. The monoisotopic (exact) mass is 318 g/mol. The van der Waals surface area contributed by atoms with Crippen LogP contribution in [0, 0.1) is 0 Å². The van der Waals surface area contributed by atoms with Crippen LogP contribution in [-0.2, 0) is 11.2 Å². The molecule has 0 saturated heterocycles. The first kappa shape index (κ1) is 16.2. The number of thiazole rings is 1. The standard InChI is InChI=1S/C16H18N2O3S/c19-15(20)8-4-5-9-17-16(21)13-11-22-14(18-13)10-12-6-2-1-3-7-12/h1-3,6-7,11H,4-5,8-10H2,(H,17,21)(H,19,20). The summed E-state index contributed by atoms with van der Waals surface area (Å²) in [5, 5.41) is 13.9. The van der Waals surface area contributed by atoms with Gasteiger partial charge in [0.25, 0.3) is 5.91 Å². The van der Waals surface area contributed by atoms with E-state index in [0.717, 1.165) is 17.0 Å². The summed E-state index contributed by atoms with van der Waals surface area (Å²) in [7, 11) is 0. The molecule has 2 rings (SSSR count). The van der Waals surface area contributed by atoms with Crippen molar-refractivity contribution in [3.63, 3.8) is 0 Å². The molecule has 1 aromatic carbocycles. The fraction of sp³-hybridized carbons (Fsp3) is 0.312. The third-order valence-electron chi connectivity index (χ3n) is 3.09. The summed E-state index contributed by atoms with van der Waals surface area (Å²) in [6.07, 6.45) is 2.07. The number of aliphatic carboxylic acids is 1. The van der Waals surface area contributed by atoms with Crippen molar-refractivity contribution < 1.29 is 14.7 Å². The van der Waals surface area contributed by atoms with Gasteiger partial charge in [-0.05, 0) is 18.4 Å². The first-order valence-corrected chi connectivity index (χ1v) is 8.01. The van der Waals surface area contributed by atoms with E-state index >= 15 is 0 Å². The minimum absolute atomic E-state index is 0.133. The zero-order chi connectivity index (χ0) is 15.8. The van der Waals surface area contributed by atoms with Gasteiger partial charge in [-0.1, -0.05) is 30.3 Å². The summed E-state index contributed by atoms with van der Waals surface area (Å²) in [6, 6.07) is 9.99. The molecule has 0 unspecified atom stereocenters. The molecule has 1 heterocycles. The highest BCUT2D eigenvalue weighted by atomic mass is 32.1. The lowest BCUT2D eigenvalue weighted by atomic mass is 10.2. The molecule has 22 heavy (non-hydrogen) atoms. The van der Waals surface area contributed by atoms with Gasteiger partial charge in [0.15, 0.2) is 0 Å². The number of nitrogens with zero attached hydrogens (tertiary/aromatic N) is 1. The molecule has 0 saturated carbocycles. The number of carbonyl (C=O) groups excluding carboxylic acids is 1. The minimum atomic E-state index is -0.809. The van der Waals surface area contributed by atoms with Crippen molar-refractivity contribution in [3.8, 4) is 0 Å². The molecule has 2 aromatic rings. The smallest absolute Gasteiger partial charge is 0.303 e. The number of carboxylic acid groups (broad SMARTS) is 1. The molecule has 0 aliphatic heterocycles. The summed E-state index contributed by atoms with van der Waals surface area (Å²) in [4.78, 5) is 26.6. The second-order valence-corrected chi connectivity index (χ2v) is 5.84. The van der Waals surface area contributed by atoms with Crippen molar-refractivity contribution >= 4 is 23.2 Å². The van der Waals surface area contributed by atoms with Crippen LogP contribution in [0.25, 0.3) is 0 Å². The van der Waals surface area contributed by atoms with E-state index in [-0.39, 0.29) is 12.3 Å². The lowest BCUT2D eigenvalue weighted by molar-refractivity contribution is -0.137. The Morgan fingerprint density at radius 2 is 1.95 bits per heavy atom. The normalized spacial score (nSPS) is 10.4. The average molecular weight is 318 g/mol. The fourth-order valence-corrected chi connectivity index (χ4v) is 2.77. The Hall–Kier alpha value is -2.21. The zero-order valence-corrected chi connectivity index (χ0v) is 12.9. The molecular formula is C16H18N2O3S. The highest BCUT2D eigenvalue weighted by Crippen LogP contribution is 2.14. The lowest BCUT2D eigenvalue weighted by Crippen LogP contribution is -2.24. The molecule has 0 spiro atoms.